The molecule has 1 aliphatic carbocycles. The molecule has 1 saturated carbocycles. The molecule has 0 heterocycles. The molecule has 1 rings (SSSR count). The minimum Gasteiger partial charge on any atom is -0.393 e. The van der Waals surface area contributed by atoms with Gasteiger partial charge in [0.05, 0.1) is 6.10 Å². The summed E-state index contributed by atoms with van der Waals surface area (Å²) in [5, 5.41) is 10.2. The first kappa shape index (κ1) is 12.0. The summed E-state index contributed by atoms with van der Waals surface area (Å²) < 4.78 is 0. The summed E-state index contributed by atoms with van der Waals surface area (Å²) in [5.41, 5.74) is 0. The van der Waals surface area contributed by atoms with Gasteiger partial charge in [-0.15, -0.1) is 0 Å². The lowest BCUT2D eigenvalue weighted by Crippen LogP contribution is -2.33. The Morgan fingerprint density at radius 2 is 1.79 bits per heavy atom. The number of rotatable bonds is 3. The fraction of sp³-hybridized carbons (Fsp3) is 1.00. The van der Waals surface area contributed by atoms with Crippen molar-refractivity contribution in [2.75, 3.05) is 0 Å². The van der Waals surface area contributed by atoms with Gasteiger partial charge < -0.3 is 5.11 Å². The average molecular weight is 198 g/mol. The Labute approximate surface area is 88.9 Å². The monoisotopic (exact) mass is 198 g/mol. The van der Waals surface area contributed by atoms with Crippen molar-refractivity contribution in [3.8, 4) is 0 Å². The third-order valence-corrected chi connectivity index (χ3v) is 4.05. The van der Waals surface area contributed by atoms with E-state index in [4.69, 9.17) is 0 Å². The van der Waals surface area contributed by atoms with Gasteiger partial charge in [-0.25, -0.2) is 0 Å². The molecule has 84 valence electrons. The van der Waals surface area contributed by atoms with Crippen LogP contribution in [0.1, 0.15) is 53.4 Å². The summed E-state index contributed by atoms with van der Waals surface area (Å²) in [6.07, 6.45) is 5.08. The molecule has 0 aliphatic heterocycles. The molecule has 14 heavy (non-hydrogen) atoms. The van der Waals surface area contributed by atoms with Crippen molar-refractivity contribution >= 4 is 0 Å². The average Bonchev–Trinajstić information content (AvgIpc) is 2.15. The van der Waals surface area contributed by atoms with Crippen molar-refractivity contribution < 1.29 is 5.11 Å². The maximum Gasteiger partial charge on any atom is 0.0596 e. The predicted octanol–water partition coefficient (Wildman–Crippen LogP) is 3.47. The SMILES string of the molecule is CC1CCCC(C(O)C(C)C(C)C)C1. The Hall–Kier alpha value is -0.0400. The van der Waals surface area contributed by atoms with Gasteiger partial charge in [0.2, 0.25) is 0 Å². The van der Waals surface area contributed by atoms with Crippen LogP contribution in [0.3, 0.4) is 0 Å². The molecule has 4 atom stereocenters. The second-order valence-electron chi connectivity index (χ2n) is 5.63. The van der Waals surface area contributed by atoms with E-state index in [0.29, 0.717) is 17.8 Å². The number of hydrogen-bond donors (Lipinski definition) is 1. The zero-order chi connectivity index (χ0) is 10.7. The molecule has 4 unspecified atom stereocenters. The molecule has 0 aromatic heterocycles. The zero-order valence-corrected chi connectivity index (χ0v) is 10.2. The van der Waals surface area contributed by atoms with Gasteiger partial charge in [-0.2, -0.15) is 0 Å². The Morgan fingerprint density at radius 3 is 2.29 bits per heavy atom. The van der Waals surface area contributed by atoms with Crippen LogP contribution in [-0.4, -0.2) is 11.2 Å². The van der Waals surface area contributed by atoms with Gasteiger partial charge in [-0.1, -0.05) is 40.5 Å². The van der Waals surface area contributed by atoms with Crippen molar-refractivity contribution in [1.29, 1.82) is 0 Å². The van der Waals surface area contributed by atoms with Crippen molar-refractivity contribution in [2.45, 2.75) is 59.5 Å². The van der Waals surface area contributed by atoms with Crippen molar-refractivity contribution in [3.63, 3.8) is 0 Å². The molecule has 0 aromatic carbocycles. The summed E-state index contributed by atoms with van der Waals surface area (Å²) in [6, 6.07) is 0. The van der Waals surface area contributed by atoms with E-state index in [2.05, 4.69) is 27.7 Å². The lowest BCUT2D eigenvalue weighted by atomic mass is 9.74. The van der Waals surface area contributed by atoms with Gasteiger partial charge in [0.1, 0.15) is 0 Å². The van der Waals surface area contributed by atoms with Gasteiger partial charge in [0.15, 0.2) is 0 Å². The Bertz CT molecular complexity index is 165. The smallest absolute Gasteiger partial charge is 0.0596 e. The van der Waals surface area contributed by atoms with Gasteiger partial charge >= 0.3 is 0 Å². The minimum absolute atomic E-state index is 0.0715. The normalized spacial score (nSPS) is 33.0. The number of aliphatic hydroxyl groups excluding tert-OH is 1. The van der Waals surface area contributed by atoms with Crippen LogP contribution in [0.5, 0.6) is 0 Å². The predicted molar refractivity (Wildman–Crippen MR) is 61.1 cm³/mol. The lowest BCUT2D eigenvalue weighted by Gasteiger charge is -2.34. The van der Waals surface area contributed by atoms with E-state index in [0.717, 1.165) is 5.92 Å². The number of aliphatic hydroxyl groups is 1. The first-order chi connectivity index (χ1) is 6.52. The van der Waals surface area contributed by atoms with Crippen molar-refractivity contribution in [2.24, 2.45) is 23.7 Å². The summed E-state index contributed by atoms with van der Waals surface area (Å²) >= 11 is 0. The highest BCUT2D eigenvalue weighted by molar-refractivity contribution is 4.80. The highest BCUT2D eigenvalue weighted by Crippen LogP contribution is 2.34. The Balaban J connectivity index is 2.46. The van der Waals surface area contributed by atoms with E-state index in [1.54, 1.807) is 0 Å². The molecule has 1 fully saturated rings. The third kappa shape index (κ3) is 2.98. The fourth-order valence-electron chi connectivity index (χ4n) is 2.61. The maximum absolute atomic E-state index is 10.2. The highest BCUT2D eigenvalue weighted by atomic mass is 16.3. The van der Waals surface area contributed by atoms with Crippen LogP contribution in [0.15, 0.2) is 0 Å². The van der Waals surface area contributed by atoms with Crippen LogP contribution >= 0.6 is 0 Å². The van der Waals surface area contributed by atoms with E-state index in [-0.39, 0.29) is 6.10 Å². The van der Waals surface area contributed by atoms with E-state index < -0.39 is 0 Å². The largest absolute Gasteiger partial charge is 0.393 e. The van der Waals surface area contributed by atoms with E-state index in [1.807, 2.05) is 0 Å². The second-order valence-corrected chi connectivity index (χ2v) is 5.63. The van der Waals surface area contributed by atoms with Crippen molar-refractivity contribution in [3.05, 3.63) is 0 Å². The van der Waals surface area contributed by atoms with E-state index in [9.17, 15) is 5.11 Å². The zero-order valence-electron chi connectivity index (χ0n) is 10.2. The Kier molecular flexibility index (Phi) is 4.43. The van der Waals surface area contributed by atoms with Crippen LogP contribution in [0.2, 0.25) is 0 Å². The third-order valence-electron chi connectivity index (χ3n) is 4.05. The topological polar surface area (TPSA) is 20.2 Å². The highest BCUT2D eigenvalue weighted by Gasteiger charge is 2.29. The van der Waals surface area contributed by atoms with Gasteiger partial charge in [0, 0.05) is 0 Å². The molecule has 1 N–H and O–H groups in total. The maximum atomic E-state index is 10.2. The Morgan fingerprint density at radius 1 is 1.14 bits per heavy atom. The van der Waals surface area contributed by atoms with Crippen LogP contribution < -0.4 is 0 Å². The van der Waals surface area contributed by atoms with Gasteiger partial charge in [-0.3, -0.25) is 0 Å². The standard InChI is InChI=1S/C13H26O/c1-9(2)11(4)13(14)12-7-5-6-10(3)8-12/h9-14H,5-8H2,1-4H3. The van der Waals surface area contributed by atoms with Crippen LogP contribution in [0, 0.1) is 23.7 Å². The molecule has 0 amide bonds. The van der Waals surface area contributed by atoms with Crippen LogP contribution in [0.4, 0.5) is 0 Å². The molecular weight excluding hydrogens is 172 g/mol. The molecule has 1 nitrogen and oxygen atoms in total. The summed E-state index contributed by atoms with van der Waals surface area (Å²) in [7, 11) is 0. The summed E-state index contributed by atoms with van der Waals surface area (Å²) in [4.78, 5) is 0. The van der Waals surface area contributed by atoms with Crippen LogP contribution in [0.25, 0.3) is 0 Å². The van der Waals surface area contributed by atoms with E-state index >= 15 is 0 Å². The number of hydrogen-bond acceptors (Lipinski definition) is 1. The molecular formula is C13H26O. The molecule has 0 bridgehead atoms. The lowest BCUT2D eigenvalue weighted by molar-refractivity contribution is 0.0143. The first-order valence-corrected chi connectivity index (χ1v) is 6.20. The quantitative estimate of drug-likeness (QED) is 0.736. The summed E-state index contributed by atoms with van der Waals surface area (Å²) in [6.45, 7) is 8.92. The molecule has 0 aromatic rings. The first-order valence-electron chi connectivity index (χ1n) is 6.20. The molecule has 0 saturated heterocycles. The van der Waals surface area contributed by atoms with E-state index in [1.165, 1.54) is 25.7 Å². The molecule has 1 heteroatoms. The fourth-order valence-corrected chi connectivity index (χ4v) is 2.61. The van der Waals surface area contributed by atoms with Gasteiger partial charge in [-0.05, 0) is 36.5 Å². The van der Waals surface area contributed by atoms with Gasteiger partial charge in [0.25, 0.3) is 0 Å². The minimum atomic E-state index is -0.0715. The molecule has 0 radical (unpaired) electrons. The van der Waals surface area contributed by atoms with Crippen LogP contribution in [-0.2, 0) is 0 Å². The van der Waals surface area contributed by atoms with Crippen molar-refractivity contribution in [1.82, 2.24) is 0 Å². The second kappa shape index (κ2) is 5.16. The molecule has 1 aliphatic rings. The molecule has 0 spiro atoms. The summed E-state index contributed by atoms with van der Waals surface area (Å²) in [5.74, 6) is 2.44.